The van der Waals surface area contributed by atoms with Crippen LogP contribution in [0.4, 0.5) is 0 Å². The molecular formula is C23H27N5. The van der Waals surface area contributed by atoms with Gasteiger partial charge in [-0.05, 0) is 37.8 Å². The number of aromatic nitrogens is 5. The summed E-state index contributed by atoms with van der Waals surface area (Å²) < 4.78 is 4.34. The lowest BCUT2D eigenvalue weighted by Gasteiger charge is -2.19. The largest absolute Gasteiger partial charge is 0.326 e. The number of aryl methyl sites for hydroxylation is 1. The Kier molecular flexibility index (Phi) is 4.38. The molecule has 0 bridgehead atoms. The van der Waals surface area contributed by atoms with Crippen LogP contribution in [0.3, 0.4) is 0 Å². The van der Waals surface area contributed by atoms with Crippen molar-refractivity contribution in [3.63, 3.8) is 0 Å². The van der Waals surface area contributed by atoms with Crippen LogP contribution >= 0.6 is 0 Å². The van der Waals surface area contributed by atoms with Crippen LogP contribution in [0.2, 0.25) is 0 Å². The molecule has 1 fully saturated rings. The third-order valence-corrected chi connectivity index (χ3v) is 6.31. The number of hydrogen-bond acceptors (Lipinski definition) is 3. The van der Waals surface area contributed by atoms with Crippen molar-refractivity contribution in [2.24, 2.45) is 0 Å². The summed E-state index contributed by atoms with van der Waals surface area (Å²) in [7, 11) is 0. The molecule has 5 heteroatoms. The van der Waals surface area contributed by atoms with Crippen molar-refractivity contribution in [2.45, 2.75) is 64.8 Å². The highest BCUT2D eigenvalue weighted by Crippen LogP contribution is 2.35. The minimum atomic E-state index is 0.556. The number of nitrogens with zero attached hydrogens (tertiary/aromatic N) is 5. The van der Waals surface area contributed by atoms with Gasteiger partial charge in [0.05, 0.1) is 5.39 Å². The van der Waals surface area contributed by atoms with Crippen LogP contribution in [0.15, 0.2) is 36.7 Å². The average molecular weight is 374 g/mol. The Labute approximate surface area is 165 Å². The van der Waals surface area contributed by atoms with Crippen molar-refractivity contribution in [1.82, 2.24) is 24.1 Å². The van der Waals surface area contributed by atoms with Gasteiger partial charge in [0.25, 0.3) is 0 Å². The van der Waals surface area contributed by atoms with Gasteiger partial charge in [-0.2, -0.15) is 0 Å². The van der Waals surface area contributed by atoms with Crippen molar-refractivity contribution in [1.29, 1.82) is 0 Å². The molecule has 1 aliphatic rings. The second-order valence-corrected chi connectivity index (χ2v) is 8.13. The SMILES string of the molecule is Cc1c(C)n(C2CCCCCC2)c2ncn3nc(Cc4ccccc4)nc3c12. The molecule has 0 radical (unpaired) electrons. The fourth-order valence-electron chi connectivity index (χ4n) is 4.75. The standard InChI is InChI=1S/C23H27N5/c1-16-17(2)28(19-12-8-3-4-9-13-19)22-21(16)23-25-20(26-27(23)15-24-22)14-18-10-6-5-7-11-18/h5-7,10-11,15,19H,3-4,8-9,12-14H2,1-2H3. The van der Waals surface area contributed by atoms with E-state index in [1.54, 1.807) is 0 Å². The first-order valence-electron chi connectivity index (χ1n) is 10.5. The normalized spacial score (nSPS) is 16.1. The topological polar surface area (TPSA) is 48.0 Å². The van der Waals surface area contributed by atoms with E-state index in [1.807, 2.05) is 16.9 Å². The molecule has 0 saturated heterocycles. The molecule has 3 heterocycles. The van der Waals surface area contributed by atoms with E-state index in [0.29, 0.717) is 6.04 Å². The molecular weight excluding hydrogens is 346 g/mol. The summed E-state index contributed by atoms with van der Waals surface area (Å²) in [6.45, 7) is 4.44. The van der Waals surface area contributed by atoms with E-state index in [-0.39, 0.29) is 0 Å². The minimum Gasteiger partial charge on any atom is -0.326 e. The zero-order chi connectivity index (χ0) is 19.1. The average Bonchev–Trinajstić information content (AvgIpc) is 3.08. The Morgan fingerprint density at radius 3 is 2.46 bits per heavy atom. The molecule has 0 spiro atoms. The molecule has 0 atom stereocenters. The Morgan fingerprint density at radius 2 is 1.71 bits per heavy atom. The van der Waals surface area contributed by atoms with Gasteiger partial charge in [0, 0.05) is 18.2 Å². The molecule has 144 valence electrons. The minimum absolute atomic E-state index is 0.556. The molecule has 0 N–H and O–H groups in total. The number of benzene rings is 1. The predicted molar refractivity (Wildman–Crippen MR) is 112 cm³/mol. The zero-order valence-corrected chi connectivity index (χ0v) is 16.7. The Morgan fingerprint density at radius 1 is 0.964 bits per heavy atom. The fourth-order valence-corrected chi connectivity index (χ4v) is 4.75. The first kappa shape index (κ1) is 17.4. The van der Waals surface area contributed by atoms with Crippen LogP contribution in [-0.4, -0.2) is 24.1 Å². The second-order valence-electron chi connectivity index (χ2n) is 8.13. The quantitative estimate of drug-likeness (QED) is 0.465. The lowest BCUT2D eigenvalue weighted by molar-refractivity contribution is 0.446. The second kappa shape index (κ2) is 7.04. The van der Waals surface area contributed by atoms with E-state index in [4.69, 9.17) is 15.1 Å². The molecule has 5 nitrogen and oxygen atoms in total. The maximum absolute atomic E-state index is 4.91. The summed E-state index contributed by atoms with van der Waals surface area (Å²) in [4.78, 5) is 9.75. The van der Waals surface area contributed by atoms with Crippen LogP contribution in [0.1, 0.15) is 67.2 Å². The molecule has 1 aromatic carbocycles. The highest BCUT2D eigenvalue weighted by Gasteiger charge is 2.23. The van der Waals surface area contributed by atoms with Crippen molar-refractivity contribution in [3.05, 3.63) is 59.3 Å². The van der Waals surface area contributed by atoms with Gasteiger partial charge in [-0.25, -0.2) is 14.5 Å². The zero-order valence-electron chi connectivity index (χ0n) is 16.7. The van der Waals surface area contributed by atoms with Crippen LogP contribution in [0.25, 0.3) is 16.7 Å². The summed E-state index contributed by atoms with van der Waals surface area (Å²) >= 11 is 0. The van der Waals surface area contributed by atoms with Crippen LogP contribution < -0.4 is 0 Å². The summed E-state index contributed by atoms with van der Waals surface area (Å²) in [6.07, 6.45) is 10.4. The van der Waals surface area contributed by atoms with Crippen molar-refractivity contribution >= 4 is 16.7 Å². The number of rotatable bonds is 3. The monoisotopic (exact) mass is 373 g/mol. The Balaban J connectivity index is 1.62. The molecule has 0 amide bonds. The van der Waals surface area contributed by atoms with E-state index in [9.17, 15) is 0 Å². The highest BCUT2D eigenvalue weighted by atomic mass is 15.3. The Bertz CT molecular complexity index is 1110. The molecule has 0 unspecified atom stereocenters. The van der Waals surface area contributed by atoms with E-state index in [1.165, 1.54) is 55.3 Å². The number of fused-ring (bicyclic) bond motifs is 3. The van der Waals surface area contributed by atoms with Crippen molar-refractivity contribution < 1.29 is 0 Å². The van der Waals surface area contributed by atoms with Gasteiger partial charge in [0.1, 0.15) is 12.0 Å². The van der Waals surface area contributed by atoms with E-state index >= 15 is 0 Å². The number of hydrogen-bond donors (Lipinski definition) is 0. The molecule has 4 aromatic rings. The summed E-state index contributed by atoms with van der Waals surface area (Å²) in [5.41, 5.74) is 5.86. The third-order valence-electron chi connectivity index (χ3n) is 6.31. The molecule has 5 rings (SSSR count). The van der Waals surface area contributed by atoms with Crippen molar-refractivity contribution in [2.75, 3.05) is 0 Å². The van der Waals surface area contributed by atoms with Gasteiger partial charge in [0.2, 0.25) is 0 Å². The van der Waals surface area contributed by atoms with Crippen molar-refractivity contribution in [3.8, 4) is 0 Å². The van der Waals surface area contributed by atoms with Gasteiger partial charge < -0.3 is 4.57 Å². The predicted octanol–water partition coefficient (Wildman–Crippen LogP) is 5.18. The Hall–Kier alpha value is -2.69. The molecule has 1 saturated carbocycles. The first-order chi connectivity index (χ1) is 13.7. The first-order valence-corrected chi connectivity index (χ1v) is 10.5. The summed E-state index contributed by atoms with van der Waals surface area (Å²) in [5.74, 6) is 0.847. The lowest BCUT2D eigenvalue weighted by atomic mass is 10.1. The van der Waals surface area contributed by atoms with E-state index in [0.717, 1.165) is 28.9 Å². The smallest absolute Gasteiger partial charge is 0.168 e. The highest BCUT2D eigenvalue weighted by molar-refractivity contribution is 5.94. The van der Waals surface area contributed by atoms with Gasteiger partial charge >= 0.3 is 0 Å². The maximum atomic E-state index is 4.91. The van der Waals surface area contributed by atoms with Crippen LogP contribution in [-0.2, 0) is 6.42 Å². The van der Waals surface area contributed by atoms with E-state index < -0.39 is 0 Å². The third kappa shape index (κ3) is 2.89. The van der Waals surface area contributed by atoms with Crippen LogP contribution in [0, 0.1) is 13.8 Å². The summed E-state index contributed by atoms with van der Waals surface area (Å²) in [6, 6.07) is 11.0. The molecule has 0 aliphatic heterocycles. The van der Waals surface area contributed by atoms with Gasteiger partial charge in [-0.1, -0.05) is 56.0 Å². The molecule has 3 aromatic heterocycles. The summed E-state index contributed by atoms with van der Waals surface area (Å²) in [5, 5.41) is 5.86. The molecule has 28 heavy (non-hydrogen) atoms. The van der Waals surface area contributed by atoms with Gasteiger partial charge in [-0.15, -0.1) is 5.10 Å². The van der Waals surface area contributed by atoms with Crippen LogP contribution in [0.5, 0.6) is 0 Å². The van der Waals surface area contributed by atoms with E-state index in [2.05, 4.69) is 42.7 Å². The lowest BCUT2D eigenvalue weighted by Crippen LogP contribution is -2.10. The molecule has 1 aliphatic carbocycles. The maximum Gasteiger partial charge on any atom is 0.168 e. The van der Waals surface area contributed by atoms with Gasteiger partial charge in [0.15, 0.2) is 11.5 Å². The van der Waals surface area contributed by atoms with Gasteiger partial charge in [-0.3, -0.25) is 0 Å². The fraction of sp³-hybridized carbons (Fsp3) is 0.435.